The summed E-state index contributed by atoms with van der Waals surface area (Å²) >= 11 is 0. The van der Waals surface area contributed by atoms with Gasteiger partial charge in [-0.1, -0.05) is 18.2 Å². The zero-order valence-electron chi connectivity index (χ0n) is 14.2. The van der Waals surface area contributed by atoms with Gasteiger partial charge in [-0.15, -0.1) is 0 Å². The number of nitro benzene ring substituents is 1. The highest BCUT2D eigenvalue weighted by molar-refractivity contribution is 6.08. The summed E-state index contributed by atoms with van der Waals surface area (Å²) in [6.45, 7) is -0.170. The van der Waals surface area contributed by atoms with E-state index in [1.165, 1.54) is 24.4 Å². The molecule has 3 aromatic rings. The lowest BCUT2D eigenvalue weighted by molar-refractivity contribution is -0.383. The van der Waals surface area contributed by atoms with Crippen LogP contribution in [0, 0.1) is 10.1 Å². The topological polar surface area (TPSA) is 143 Å². The number of hydrogen-bond acceptors (Lipinski definition) is 6. The second-order valence-corrected chi connectivity index (χ2v) is 5.58. The number of ether oxygens (including phenoxy) is 1. The Balaban J connectivity index is 1.96. The first-order valence-electron chi connectivity index (χ1n) is 7.88. The van der Waals surface area contributed by atoms with E-state index < -0.39 is 17.1 Å². The van der Waals surface area contributed by atoms with E-state index in [1.807, 2.05) is 0 Å². The van der Waals surface area contributed by atoms with Crippen LogP contribution in [0.5, 0.6) is 5.75 Å². The highest BCUT2D eigenvalue weighted by Gasteiger charge is 2.25. The number of nitro groups is 1. The molecule has 1 aromatic heterocycles. The molecule has 2 aromatic carbocycles. The first-order chi connectivity index (χ1) is 13.4. The summed E-state index contributed by atoms with van der Waals surface area (Å²) in [5, 5.41) is 30.4. The van der Waals surface area contributed by atoms with E-state index in [0.717, 1.165) is 6.20 Å². The van der Waals surface area contributed by atoms with Crippen molar-refractivity contribution in [2.24, 2.45) is 0 Å². The number of benzene rings is 2. The Bertz CT molecular complexity index is 1070. The summed E-state index contributed by atoms with van der Waals surface area (Å²) < 4.78 is 5.73. The van der Waals surface area contributed by atoms with Crippen molar-refractivity contribution in [2.75, 3.05) is 4.90 Å². The quantitative estimate of drug-likeness (QED) is 0.499. The van der Waals surface area contributed by atoms with E-state index in [4.69, 9.17) is 14.9 Å². The maximum Gasteiger partial charge on any atom is 0.421 e. The average Bonchev–Trinajstić information content (AvgIpc) is 2.66. The third-order valence-electron chi connectivity index (χ3n) is 3.95. The van der Waals surface area contributed by atoms with Crippen molar-refractivity contribution in [3.63, 3.8) is 0 Å². The number of amides is 2. The van der Waals surface area contributed by atoms with Gasteiger partial charge in [-0.2, -0.15) is 4.90 Å². The smallest absolute Gasteiger partial charge is 0.421 e. The molecule has 0 aliphatic rings. The number of rotatable bonds is 5. The molecule has 0 fully saturated rings. The van der Waals surface area contributed by atoms with Gasteiger partial charge in [0.05, 0.1) is 22.2 Å². The predicted octanol–water partition coefficient (Wildman–Crippen LogP) is 3.88. The molecule has 0 atom stereocenters. The van der Waals surface area contributed by atoms with E-state index in [-0.39, 0.29) is 28.4 Å². The molecule has 3 rings (SSSR count). The lowest BCUT2D eigenvalue weighted by Crippen LogP contribution is -2.35. The minimum Gasteiger partial charge on any atom is -0.488 e. The molecule has 0 bridgehead atoms. The molecule has 0 spiro atoms. The van der Waals surface area contributed by atoms with Crippen LogP contribution >= 0.6 is 0 Å². The number of carbonyl (C=O) groups is 2. The number of nitrogens with zero attached hydrogens (tertiary/aromatic N) is 3. The van der Waals surface area contributed by atoms with E-state index >= 15 is 0 Å². The van der Waals surface area contributed by atoms with E-state index in [1.54, 1.807) is 24.3 Å². The number of aromatic nitrogens is 1. The summed E-state index contributed by atoms with van der Waals surface area (Å²) in [6, 6.07) is 10.8. The highest BCUT2D eigenvalue weighted by Crippen LogP contribution is 2.33. The van der Waals surface area contributed by atoms with Crippen molar-refractivity contribution < 1.29 is 29.5 Å². The van der Waals surface area contributed by atoms with Gasteiger partial charge in [-0.05, 0) is 18.2 Å². The van der Waals surface area contributed by atoms with Crippen LogP contribution in [0.4, 0.5) is 21.0 Å². The second kappa shape index (κ2) is 7.58. The number of pyridine rings is 1. The first-order valence-corrected chi connectivity index (χ1v) is 7.88. The number of imide groups is 1. The first kappa shape index (κ1) is 18.6. The minimum atomic E-state index is -1.68. The van der Waals surface area contributed by atoms with Gasteiger partial charge in [0.2, 0.25) is 0 Å². The molecular weight excluding hydrogens is 370 g/mol. The Kier molecular flexibility index (Phi) is 5.03. The maximum absolute atomic E-state index is 11.3. The third-order valence-corrected chi connectivity index (χ3v) is 3.95. The van der Waals surface area contributed by atoms with Crippen molar-refractivity contribution in [3.8, 4) is 5.75 Å². The zero-order chi connectivity index (χ0) is 20.3. The normalized spacial score (nSPS) is 10.4. The van der Waals surface area contributed by atoms with Crippen molar-refractivity contribution >= 4 is 34.3 Å². The van der Waals surface area contributed by atoms with Gasteiger partial charge < -0.3 is 14.9 Å². The van der Waals surface area contributed by atoms with Gasteiger partial charge in [0.25, 0.3) is 5.69 Å². The number of hydrogen-bond donors (Lipinski definition) is 2. The number of non-ortho nitro benzene ring substituents is 1. The lowest BCUT2D eigenvalue weighted by Gasteiger charge is -2.17. The Labute approximate surface area is 157 Å². The standard InChI is InChI=1S/C18H13N3O7/c22-17(23)20(18(24)25)15-9-19-8-7-11(15)10-28-16-6-5-14(21(26)27)12-3-1-2-4-13(12)16/h1-9H,10H2,(H,22,23)(H,24,25). The molecule has 0 saturated carbocycles. The van der Waals surface area contributed by atoms with Crippen LogP contribution in [-0.4, -0.2) is 32.3 Å². The van der Waals surface area contributed by atoms with Crippen molar-refractivity contribution in [1.29, 1.82) is 0 Å². The summed E-state index contributed by atoms with van der Waals surface area (Å²) in [6.07, 6.45) is -0.877. The van der Waals surface area contributed by atoms with Crippen molar-refractivity contribution in [2.45, 2.75) is 6.61 Å². The van der Waals surface area contributed by atoms with Gasteiger partial charge >= 0.3 is 12.2 Å². The van der Waals surface area contributed by atoms with Gasteiger partial charge in [0, 0.05) is 23.2 Å². The molecule has 0 saturated heterocycles. The predicted molar refractivity (Wildman–Crippen MR) is 97.7 cm³/mol. The summed E-state index contributed by atoms with van der Waals surface area (Å²) in [5.74, 6) is 0.334. The van der Waals surface area contributed by atoms with Gasteiger partial charge in [0.15, 0.2) is 0 Å². The van der Waals surface area contributed by atoms with Crippen LogP contribution in [0.25, 0.3) is 10.8 Å². The summed E-state index contributed by atoms with van der Waals surface area (Å²) in [5.41, 5.74) is 0.0337. The monoisotopic (exact) mass is 383 g/mol. The van der Waals surface area contributed by atoms with E-state index in [9.17, 15) is 19.7 Å². The van der Waals surface area contributed by atoms with Gasteiger partial charge in [-0.25, -0.2) is 9.59 Å². The minimum absolute atomic E-state index is 0.0736. The molecule has 0 aliphatic heterocycles. The third kappa shape index (κ3) is 3.51. The summed E-state index contributed by atoms with van der Waals surface area (Å²) in [4.78, 5) is 37.1. The van der Waals surface area contributed by atoms with Crippen LogP contribution in [0.3, 0.4) is 0 Å². The maximum atomic E-state index is 11.3. The van der Waals surface area contributed by atoms with Gasteiger partial charge in [0.1, 0.15) is 12.4 Å². The number of carboxylic acid groups (broad SMARTS) is 2. The molecule has 0 aliphatic carbocycles. The molecule has 10 nitrogen and oxygen atoms in total. The molecule has 0 unspecified atom stereocenters. The van der Waals surface area contributed by atoms with Crippen LogP contribution in [0.15, 0.2) is 54.9 Å². The molecule has 2 amide bonds. The fraction of sp³-hybridized carbons (Fsp3) is 0.0556. The van der Waals surface area contributed by atoms with E-state index in [2.05, 4.69) is 4.98 Å². The van der Waals surface area contributed by atoms with Crippen LogP contribution < -0.4 is 9.64 Å². The van der Waals surface area contributed by atoms with Crippen LogP contribution in [-0.2, 0) is 6.61 Å². The van der Waals surface area contributed by atoms with Gasteiger partial charge in [-0.3, -0.25) is 15.1 Å². The Hall–Kier alpha value is -4.21. The van der Waals surface area contributed by atoms with Crippen LogP contribution in [0.1, 0.15) is 5.56 Å². The SMILES string of the molecule is O=C(O)N(C(=O)O)c1cnccc1COc1ccc([N+](=O)[O-])c2ccccc12. The molecule has 0 radical (unpaired) electrons. The Morgan fingerprint density at radius 1 is 1.07 bits per heavy atom. The molecule has 10 heteroatoms. The molecular formula is C18H13N3O7. The fourth-order valence-electron chi connectivity index (χ4n) is 2.72. The Morgan fingerprint density at radius 2 is 1.75 bits per heavy atom. The van der Waals surface area contributed by atoms with Crippen LogP contribution in [0.2, 0.25) is 0 Å². The lowest BCUT2D eigenvalue weighted by atomic mass is 10.1. The fourth-order valence-corrected chi connectivity index (χ4v) is 2.72. The zero-order valence-corrected chi connectivity index (χ0v) is 14.2. The molecule has 142 valence electrons. The molecule has 28 heavy (non-hydrogen) atoms. The number of anilines is 1. The van der Waals surface area contributed by atoms with E-state index in [0.29, 0.717) is 16.5 Å². The highest BCUT2D eigenvalue weighted by atomic mass is 16.6. The average molecular weight is 383 g/mol. The van der Waals surface area contributed by atoms with Crippen molar-refractivity contribution in [3.05, 3.63) is 70.5 Å². The molecule has 1 heterocycles. The Morgan fingerprint density at radius 3 is 2.39 bits per heavy atom. The largest absolute Gasteiger partial charge is 0.488 e. The summed E-state index contributed by atoms with van der Waals surface area (Å²) in [7, 11) is 0. The van der Waals surface area contributed by atoms with Crippen molar-refractivity contribution in [1.82, 2.24) is 4.98 Å². The second-order valence-electron chi connectivity index (χ2n) is 5.58. The number of fused-ring (bicyclic) bond motifs is 1. The molecule has 2 N–H and O–H groups in total.